The average Bonchev–Trinajstić information content (AvgIpc) is 1.57. The van der Waals surface area contributed by atoms with Gasteiger partial charge in [-0.25, -0.2) is 0 Å². The van der Waals surface area contributed by atoms with E-state index in [2.05, 4.69) is 158 Å². The molecule has 6 atom stereocenters. The van der Waals surface area contributed by atoms with Crippen molar-refractivity contribution in [3.63, 3.8) is 0 Å². The normalized spacial score (nSPS) is 17.8. The maximum atomic E-state index is 13.0. The minimum Gasteiger partial charge on any atom is -0.473 e. The summed E-state index contributed by atoms with van der Waals surface area (Å²) in [6.07, 6.45) is 14.1. The van der Waals surface area contributed by atoms with Crippen LogP contribution in [-0.4, -0.2) is 24.8 Å². The first-order chi connectivity index (χ1) is 54.1. The second-order valence-electron chi connectivity index (χ2n) is 27.8. The largest absolute Gasteiger partial charge is 1.00 e. The molecule has 2 fully saturated rings. The number of hydrogen-bond acceptors (Lipinski definition) is 9. The van der Waals surface area contributed by atoms with E-state index in [0.29, 0.717) is 0 Å². The van der Waals surface area contributed by atoms with Gasteiger partial charge in [-0.3, -0.25) is 24.0 Å². The van der Waals surface area contributed by atoms with Gasteiger partial charge in [0, 0.05) is 90.1 Å². The Bertz CT molecular complexity index is 6420. The summed E-state index contributed by atoms with van der Waals surface area (Å²) < 4.78 is 26.7. The van der Waals surface area contributed by atoms with Gasteiger partial charge in [0.1, 0.15) is 12.2 Å². The number of aryl methyl sites for hydroxylation is 2. The van der Waals surface area contributed by atoms with E-state index in [9.17, 15) is 24.0 Å². The van der Waals surface area contributed by atoms with Gasteiger partial charge in [-0.05, 0) is 229 Å². The quantitative estimate of drug-likeness (QED) is 0.0631. The number of benzene rings is 11. The van der Waals surface area contributed by atoms with Crippen LogP contribution in [0, 0.1) is 7.43 Å². The van der Waals surface area contributed by atoms with Gasteiger partial charge in [0.25, 0.3) is 0 Å². The molecule has 15 aromatic rings. The minimum absolute atomic E-state index is 0. The number of alkyl halides is 2. The van der Waals surface area contributed by atoms with Crippen LogP contribution in [0.1, 0.15) is 136 Å². The Kier molecular flexibility index (Phi) is 26.9. The summed E-state index contributed by atoms with van der Waals surface area (Å²) in [5.41, 5.74) is 12.6. The second-order valence-corrected chi connectivity index (χ2v) is 34.4. The van der Waals surface area contributed by atoms with Gasteiger partial charge in [-0.15, -0.1) is 0 Å². The van der Waals surface area contributed by atoms with Crippen LogP contribution < -0.4 is 67.7 Å². The minimum atomic E-state index is -0.0491. The monoisotopic (exact) mass is 1960 g/mol. The van der Waals surface area contributed by atoms with E-state index in [1.807, 2.05) is 218 Å². The zero-order valence-electron chi connectivity index (χ0n) is 61.4. The summed E-state index contributed by atoms with van der Waals surface area (Å²) in [4.78, 5) is 64.1. The molecule has 0 radical (unpaired) electrons. The van der Waals surface area contributed by atoms with Crippen LogP contribution in [0.25, 0.3) is 75.4 Å². The van der Waals surface area contributed by atoms with E-state index in [1.165, 1.54) is 24.0 Å². The van der Waals surface area contributed by atoms with E-state index < -0.39 is 0 Å². The van der Waals surface area contributed by atoms with Crippen molar-refractivity contribution >= 4 is 198 Å². The van der Waals surface area contributed by atoms with Crippen LogP contribution in [0.4, 0.5) is 0 Å². The van der Waals surface area contributed by atoms with Gasteiger partial charge in [0.05, 0.1) is 34.4 Å². The maximum Gasteiger partial charge on any atom is 1.00 e. The van der Waals surface area contributed by atoms with Gasteiger partial charge < -0.3 is 26.1 Å². The first-order valence-corrected chi connectivity index (χ1v) is 42.4. The summed E-state index contributed by atoms with van der Waals surface area (Å²) in [7, 11) is 0. The molecule has 2 saturated heterocycles. The van der Waals surface area contributed by atoms with Crippen LogP contribution >= 0.6 is 112 Å². The van der Waals surface area contributed by atoms with Crippen LogP contribution in [0.5, 0.6) is 0 Å². The van der Waals surface area contributed by atoms with Gasteiger partial charge in [0.15, 0.2) is 27.9 Å². The van der Waals surface area contributed by atoms with Crippen LogP contribution in [-0.2, 0) is 27.1 Å². The molecule has 0 amide bonds. The molecule has 558 valence electrons. The number of furan rings is 1. The summed E-state index contributed by atoms with van der Waals surface area (Å²) in [5.74, 6) is 0.241. The molecule has 0 saturated carbocycles. The molecule has 0 N–H and O–H groups in total. The predicted octanol–water partition coefficient (Wildman–Crippen LogP) is 24.0. The fourth-order valence-corrected chi connectivity index (χ4v) is 19.4. The molecule has 17 heteroatoms. The van der Waals surface area contributed by atoms with Crippen LogP contribution in [0.2, 0.25) is 0 Å². The molecule has 14 aromatic carbocycles. The van der Waals surface area contributed by atoms with Crippen molar-refractivity contribution in [2.24, 2.45) is 0 Å². The first kappa shape index (κ1) is 82.7. The predicted molar refractivity (Wildman–Crippen MR) is 479 cm³/mol. The molecule has 5 aliphatic heterocycles. The molecule has 7 aliphatic rings. The van der Waals surface area contributed by atoms with Gasteiger partial charge in [-0.2, -0.15) is 0 Å². The number of hydrogen-bond donors (Lipinski definition) is 0. The van der Waals surface area contributed by atoms with E-state index in [4.69, 9.17) is 14.2 Å². The Morgan fingerprint density at radius 2 is 0.673 bits per heavy atom. The molecule has 2 aliphatic carbocycles. The second kappa shape index (κ2) is 36.8. The Morgan fingerprint density at radius 3 is 1.22 bits per heavy atom. The Morgan fingerprint density at radius 1 is 0.310 bits per heavy atom. The van der Waals surface area contributed by atoms with E-state index in [-0.39, 0.29) is 121 Å². The Balaban J connectivity index is 0.000000113. The van der Waals surface area contributed by atoms with Crippen molar-refractivity contribution in [2.75, 3.05) is 13.2 Å². The number of carbonyl (C=O) groups is 2. The zero-order valence-corrected chi connectivity index (χ0v) is 75.6. The van der Waals surface area contributed by atoms with Crippen LogP contribution in [0.3, 0.4) is 0 Å². The molecular formula is C96H70Br7KO9. The number of ether oxygens (including phenoxy) is 3. The maximum absolute atomic E-state index is 13.0. The van der Waals surface area contributed by atoms with Crippen molar-refractivity contribution < 1.29 is 79.6 Å². The third kappa shape index (κ3) is 16.9. The Labute approximate surface area is 755 Å². The third-order valence-electron chi connectivity index (χ3n) is 21.2. The summed E-state index contributed by atoms with van der Waals surface area (Å²) >= 11 is 24.9. The third-order valence-corrected chi connectivity index (χ3v) is 26.5. The first-order valence-electron chi connectivity index (χ1n) is 36.6. The molecule has 6 heterocycles. The smallest absolute Gasteiger partial charge is 0.473 e. The summed E-state index contributed by atoms with van der Waals surface area (Å²) in [5, 5.41) is 12.9. The molecule has 22 rings (SSSR count). The van der Waals surface area contributed by atoms with E-state index >= 15 is 0 Å². The molecule has 113 heavy (non-hydrogen) atoms. The van der Waals surface area contributed by atoms with E-state index in [0.717, 1.165) is 192 Å². The topological polar surface area (TPSA) is 126 Å². The summed E-state index contributed by atoms with van der Waals surface area (Å²) in [6.45, 7) is 2.00. The number of halogens is 7. The standard InChI is InChI=1S/C19H13BrO2.C19H11BrO2.C19H11BrO.C15H9Br3O.C15H11BrO.C4H8O.C4H4O.CH3.K/c2*20-10-5-6-13-14(9-10)18-16-8-7-15(22-16)17(18)11-3-1-2-4-12(11)19(13)21;20-12-9-10-17-18(11-12)15-7-2-1-5-13(15)14-6-3-4-8-16(14)19(17)21;16-8-5-6-11-12(7-8)14(18)13(17)9-3-1-2-4-10(9)15(11)19;16-12-7-8-14-11(9-12)6-5-10-3-1-2-4-13(10)15(14)17;2*1-2-4-5-3-1;;/h1-6,9,15-16H,7-8H2;1-9,15-16H;1-11H;1-7,13-14H;1-4,7-9H,5-6H2;1-4H2;1-4H;1H3;/q;;;;;;;-1;+1. The van der Waals surface area contributed by atoms with Gasteiger partial charge >= 0.3 is 51.4 Å². The molecule has 4 bridgehead atoms. The van der Waals surface area contributed by atoms with Crippen molar-refractivity contribution in [3.8, 4) is 0 Å². The Hall–Kier alpha value is -6.85. The van der Waals surface area contributed by atoms with Crippen molar-refractivity contribution in [2.45, 2.75) is 72.6 Å². The van der Waals surface area contributed by atoms with E-state index in [1.54, 1.807) is 12.5 Å². The number of ketones is 2. The molecule has 6 unspecified atom stereocenters. The molecule has 0 spiro atoms. The number of carbonyl (C=O) groups excluding carboxylic acids is 2. The number of fused-ring (bicyclic) bond motifs is 27. The summed E-state index contributed by atoms with van der Waals surface area (Å²) in [6, 6.07) is 80.5. The average molecular weight is 1970 g/mol. The van der Waals surface area contributed by atoms with Crippen molar-refractivity contribution in [1.82, 2.24) is 0 Å². The zero-order chi connectivity index (χ0) is 76.6. The SMILES string of the molecule is C1CCOC1.O=C1c2ccccc2C(Br)C(Br)c2cc(Br)ccc21.O=C1c2ccccc2CCc2cc(Br)ccc21.O=c1c2ccccc2c2c(c3cc(Br)ccc13)C1C=CC2O1.O=c1c2ccccc2c2c(c3cc(Br)ccc13)C1CCC2O1.O=c1c2ccccc2c2ccccc2c2cc(Br)ccc12.[CH3-].[K+].c1ccoc1. The van der Waals surface area contributed by atoms with Crippen molar-refractivity contribution in [1.29, 1.82) is 0 Å². The fraction of sp³-hybridized carbons (Fsp3) is 0.146. The van der Waals surface area contributed by atoms with Crippen LogP contribution in [0.15, 0.2) is 315 Å². The van der Waals surface area contributed by atoms with Gasteiger partial charge in [0.2, 0.25) is 0 Å². The fourth-order valence-electron chi connectivity index (χ4n) is 16.2. The van der Waals surface area contributed by atoms with Gasteiger partial charge in [-0.1, -0.05) is 269 Å². The molecule has 1 aromatic heterocycles. The van der Waals surface area contributed by atoms with Crippen molar-refractivity contribution in [3.05, 3.63) is 401 Å². The molecular weight excluding hydrogens is 1900 g/mol. The molecule has 9 nitrogen and oxygen atoms in total. The number of rotatable bonds is 0.